The second-order valence-electron chi connectivity index (χ2n) is 8.08. The number of fused-ring (bicyclic) bond motifs is 2. The maximum atomic E-state index is 14.3. The fourth-order valence-corrected chi connectivity index (χ4v) is 5.31. The zero-order chi connectivity index (χ0) is 22.9. The molecule has 0 bridgehead atoms. The van der Waals surface area contributed by atoms with Crippen molar-refractivity contribution in [2.24, 2.45) is 0 Å². The third kappa shape index (κ3) is 3.87. The smallest absolute Gasteiger partial charge is 0.259 e. The summed E-state index contributed by atoms with van der Waals surface area (Å²) in [6.07, 6.45) is 0. The molecule has 1 N–H and O–H groups in total. The molecule has 33 heavy (non-hydrogen) atoms. The first-order chi connectivity index (χ1) is 16.1. The number of nitrogens with zero attached hydrogens (tertiary/aromatic N) is 1. The Hall–Kier alpha value is -3.64. The lowest BCUT2D eigenvalue weighted by molar-refractivity contribution is -0.117. The van der Waals surface area contributed by atoms with Crippen LogP contribution in [0.3, 0.4) is 0 Å². The number of carbonyl (C=O) groups excluding carboxylic acids is 2. The van der Waals surface area contributed by atoms with Crippen LogP contribution in [0.1, 0.15) is 39.3 Å². The van der Waals surface area contributed by atoms with Crippen LogP contribution in [-0.4, -0.2) is 29.9 Å². The largest absolute Gasteiger partial charge is 0.493 e. The van der Waals surface area contributed by atoms with Gasteiger partial charge in [0.2, 0.25) is 5.91 Å². The average molecular weight is 457 g/mol. The molecule has 1 unspecified atom stereocenters. The number of nitrogens with one attached hydrogen (secondary N) is 1. The Kier molecular flexibility index (Phi) is 5.60. The Balaban J connectivity index is 1.73. The molecule has 0 radical (unpaired) electrons. The predicted molar refractivity (Wildman–Crippen MR) is 132 cm³/mol. The molecule has 1 aromatic heterocycles. The number of ether oxygens (including phenoxy) is 1. The molecule has 2 amide bonds. The van der Waals surface area contributed by atoms with E-state index in [2.05, 4.69) is 11.4 Å². The standard InChI is InChI=1S/C27H24N2O3S/c1-3-32-22-13-11-18-7-4-5-8-19(18)25(22)27(31)29-16-24(30)28-21-12-10-17(2)15-20(21)26(29)23-9-6-14-33-23/h4-15,26H,3,16H2,1-2H3,(H,28,30). The van der Waals surface area contributed by atoms with E-state index in [1.807, 2.05) is 79.9 Å². The van der Waals surface area contributed by atoms with Gasteiger partial charge in [-0.1, -0.05) is 54.1 Å². The van der Waals surface area contributed by atoms with Gasteiger partial charge in [-0.15, -0.1) is 11.3 Å². The number of aryl methyl sites for hydroxylation is 1. The molecular weight excluding hydrogens is 432 g/mol. The van der Waals surface area contributed by atoms with Crippen LogP contribution in [0.25, 0.3) is 10.8 Å². The number of anilines is 1. The number of hydrogen-bond donors (Lipinski definition) is 1. The molecule has 1 atom stereocenters. The van der Waals surface area contributed by atoms with Crippen LogP contribution < -0.4 is 10.1 Å². The van der Waals surface area contributed by atoms with E-state index >= 15 is 0 Å². The summed E-state index contributed by atoms with van der Waals surface area (Å²) in [7, 11) is 0. The summed E-state index contributed by atoms with van der Waals surface area (Å²) >= 11 is 1.58. The van der Waals surface area contributed by atoms with E-state index in [9.17, 15) is 9.59 Å². The van der Waals surface area contributed by atoms with Gasteiger partial charge < -0.3 is 15.0 Å². The first-order valence-electron chi connectivity index (χ1n) is 11.0. The van der Waals surface area contributed by atoms with Crippen LogP contribution >= 0.6 is 11.3 Å². The molecule has 0 spiro atoms. The van der Waals surface area contributed by atoms with Gasteiger partial charge in [-0.2, -0.15) is 0 Å². The molecular formula is C27H24N2O3S. The van der Waals surface area contributed by atoms with Gasteiger partial charge in [-0.05, 0) is 48.2 Å². The van der Waals surface area contributed by atoms with Gasteiger partial charge in [0.1, 0.15) is 12.3 Å². The Morgan fingerprint density at radius 2 is 1.97 bits per heavy atom. The maximum absolute atomic E-state index is 14.3. The molecule has 1 aliphatic rings. The highest BCUT2D eigenvalue weighted by molar-refractivity contribution is 7.10. The van der Waals surface area contributed by atoms with Crippen molar-refractivity contribution in [3.8, 4) is 5.75 Å². The summed E-state index contributed by atoms with van der Waals surface area (Å²) in [6, 6.07) is 21.1. The lowest BCUT2D eigenvalue weighted by atomic mass is 9.97. The van der Waals surface area contributed by atoms with Crippen LogP contribution in [0.2, 0.25) is 0 Å². The minimum Gasteiger partial charge on any atom is -0.493 e. The molecule has 4 aromatic rings. The summed E-state index contributed by atoms with van der Waals surface area (Å²) in [6.45, 7) is 4.30. The van der Waals surface area contributed by atoms with E-state index in [0.717, 1.165) is 32.5 Å². The van der Waals surface area contributed by atoms with Gasteiger partial charge in [-0.25, -0.2) is 0 Å². The molecule has 0 saturated carbocycles. The number of carbonyl (C=O) groups is 2. The van der Waals surface area contributed by atoms with Crippen molar-refractivity contribution in [3.05, 3.63) is 93.7 Å². The number of thiophene rings is 1. The van der Waals surface area contributed by atoms with Crippen LogP contribution in [0.4, 0.5) is 5.69 Å². The van der Waals surface area contributed by atoms with Crippen LogP contribution in [0.15, 0.2) is 72.1 Å². The van der Waals surface area contributed by atoms with Crippen molar-refractivity contribution in [3.63, 3.8) is 0 Å². The monoisotopic (exact) mass is 456 g/mol. The zero-order valence-electron chi connectivity index (χ0n) is 18.5. The second kappa shape index (κ2) is 8.71. The van der Waals surface area contributed by atoms with Crippen molar-refractivity contribution in [2.45, 2.75) is 19.9 Å². The first-order valence-corrected chi connectivity index (χ1v) is 11.8. The first kappa shape index (κ1) is 21.2. The topological polar surface area (TPSA) is 58.6 Å². The minimum atomic E-state index is -0.389. The number of amides is 2. The van der Waals surface area contributed by atoms with E-state index in [-0.39, 0.29) is 24.4 Å². The van der Waals surface area contributed by atoms with Crippen LogP contribution in [0, 0.1) is 6.92 Å². The summed E-state index contributed by atoms with van der Waals surface area (Å²) in [5.41, 5.74) is 3.21. The lowest BCUT2D eigenvalue weighted by Gasteiger charge is -2.30. The molecule has 1 aliphatic heterocycles. The Morgan fingerprint density at radius 1 is 1.12 bits per heavy atom. The van der Waals surface area contributed by atoms with Crippen molar-refractivity contribution in [1.29, 1.82) is 0 Å². The van der Waals surface area contributed by atoms with Gasteiger partial charge in [0.15, 0.2) is 0 Å². The van der Waals surface area contributed by atoms with E-state index in [0.29, 0.717) is 17.9 Å². The highest BCUT2D eigenvalue weighted by atomic mass is 32.1. The van der Waals surface area contributed by atoms with Crippen LogP contribution in [0.5, 0.6) is 5.75 Å². The third-order valence-electron chi connectivity index (χ3n) is 5.88. The Labute approximate surface area is 196 Å². The Bertz CT molecular complexity index is 1350. The number of benzene rings is 3. The average Bonchev–Trinajstić information content (AvgIpc) is 3.29. The van der Waals surface area contributed by atoms with E-state index < -0.39 is 0 Å². The fourth-order valence-electron chi connectivity index (χ4n) is 4.46. The van der Waals surface area contributed by atoms with Crippen molar-refractivity contribution >= 4 is 39.6 Å². The summed E-state index contributed by atoms with van der Waals surface area (Å²) in [4.78, 5) is 29.9. The Morgan fingerprint density at radius 3 is 2.76 bits per heavy atom. The van der Waals surface area contributed by atoms with Gasteiger partial charge in [0.25, 0.3) is 5.91 Å². The normalized spacial score (nSPS) is 15.6. The van der Waals surface area contributed by atoms with E-state index in [1.54, 1.807) is 16.2 Å². The van der Waals surface area contributed by atoms with E-state index in [4.69, 9.17) is 4.74 Å². The van der Waals surface area contributed by atoms with Gasteiger partial charge >= 0.3 is 0 Å². The van der Waals surface area contributed by atoms with Crippen LogP contribution in [-0.2, 0) is 4.79 Å². The van der Waals surface area contributed by atoms with E-state index in [1.165, 1.54) is 0 Å². The molecule has 0 fully saturated rings. The predicted octanol–water partition coefficient (Wildman–Crippen LogP) is 5.79. The molecule has 3 aromatic carbocycles. The quantitative estimate of drug-likeness (QED) is 0.423. The fraction of sp³-hybridized carbons (Fsp3) is 0.185. The van der Waals surface area contributed by atoms with Gasteiger partial charge in [0.05, 0.1) is 18.2 Å². The molecule has 166 valence electrons. The lowest BCUT2D eigenvalue weighted by Crippen LogP contribution is -2.39. The van der Waals surface area contributed by atoms with Crippen molar-refractivity contribution in [2.75, 3.05) is 18.5 Å². The minimum absolute atomic E-state index is 0.0517. The molecule has 5 rings (SSSR count). The molecule has 5 nitrogen and oxygen atoms in total. The highest BCUT2D eigenvalue weighted by Crippen LogP contribution is 2.40. The molecule has 0 saturated heterocycles. The summed E-state index contributed by atoms with van der Waals surface area (Å²) in [5.74, 6) is 0.0871. The van der Waals surface area contributed by atoms with Crippen molar-refractivity contribution < 1.29 is 14.3 Å². The summed E-state index contributed by atoms with van der Waals surface area (Å²) < 4.78 is 5.88. The zero-order valence-corrected chi connectivity index (χ0v) is 19.3. The van der Waals surface area contributed by atoms with Gasteiger partial charge in [-0.3, -0.25) is 9.59 Å². The summed E-state index contributed by atoms with van der Waals surface area (Å²) in [5, 5.41) is 6.76. The number of hydrogen-bond acceptors (Lipinski definition) is 4. The second-order valence-corrected chi connectivity index (χ2v) is 9.06. The molecule has 2 heterocycles. The third-order valence-corrected chi connectivity index (χ3v) is 6.80. The molecule has 6 heteroatoms. The molecule has 0 aliphatic carbocycles. The number of rotatable bonds is 4. The highest BCUT2D eigenvalue weighted by Gasteiger charge is 2.36. The van der Waals surface area contributed by atoms with Crippen molar-refractivity contribution in [1.82, 2.24) is 4.90 Å². The SMILES string of the molecule is CCOc1ccc2ccccc2c1C(=O)N1CC(=O)Nc2ccc(C)cc2C1c1cccs1. The maximum Gasteiger partial charge on any atom is 0.259 e. The van der Waals surface area contributed by atoms with Gasteiger partial charge in [0, 0.05) is 16.1 Å².